The van der Waals surface area contributed by atoms with Crippen LogP contribution in [-0.2, 0) is 16.1 Å². The normalized spacial score (nSPS) is 10.7. The molecule has 0 radical (unpaired) electrons. The summed E-state index contributed by atoms with van der Waals surface area (Å²) < 4.78 is 6.12. The number of rotatable bonds is 3. The number of carbonyl (C=O) groups excluding carboxylic acids is 1. The molecule has 2 aromatic rings. The van der Waals surface area contributed by atoms with Gasteiger partial charge in [-0.15, -0.1) is 0 Å². The Morgan fingerprint density at radius 2 is 2.11 bits per heavy atom. The fourth-order valence-electron chi connectivity index (χ4n) is 2.11. The zero-order valence-electron chi connectivity index (χ0n) is 11.3. The fraction of sp³-hybridized carbons (Fsp3) is 0.357. The number of hydrogen-bond donors (Lipinski definition) is 0. The van der Waals surface area contributed by atoms with Crippen LogP contribution in [-0.4, -0.2) is 22.6 Å². The molecular weight excluding hydrogens is 244 g/mol. The fourth-order valence-corrected chi connectivity index (χ4v) is 2.11. The molecule has 2 rings (SSSR count). The maximum absolute atomic E-state index is 11.9. The minimum absolute atomic E-state index is 0.157. The molecule has 0 spiro atoms. The molecule has 0 N–H and O–H groups in total. The highest BCUT2D eigenvalue weighted by Crippen LogP contribution is 2.16. The van der Waals surface area contributed by atoms with Gasteiger partial charge in [0.2, 0.25) is 0 Å². The van der Waals surface area contributed by atoms with Crippen molar-refractivity contribution in [1.82, 2.24) is 9.55 Å². The minimum atomic E-state index is -0.340. The molecule has 0 unspecified atom stereocenters. The van der Waals surface area contributed by atoms with Crippen molar-refractivity contribution in [2.45, 2.75) is 26.8 Å². The quantitative estimate of drug-likeness (QED) is 0.786. The van der Waals surface area contributed by atoms with E-state index in [0.717, 1.165) is 16.6 Å². The van der Waals surface area contributed by atoms with Crippen LogP contribution in [0.3, 0.4) is 0 Å². The van der Waals surface area contributed by atoms with E-state index in [1.807, 2.05) is 19.9 Å². The SMILES string of the molecule is COC(=O)CCn1c(=O)ccc2c(C)cc(C)nc21. The first kappa shape index (κ1) is 13.3. The van der Waals surface area contributed by atoms with Crippen molar-refractivity contribution in [3.05, 3.63) is 39.8 Å². The Hall–Kier alpha value is -2.17. The summed E-state index contributed by atoms with van der Waals surface area (Å²) in [5.41, 5.74) is 2.37. The molecular formula is C14H16N2O3. The molecule has 100 valence electrons. The van der Waals surface area contributed by atoms with Crippen LogP contribution in [0.2, 0.25) is 0 Å². The van der Waals surface area contributed by atoms with Crippen LogP contribution in [0.1, 0.15) is 17.7 Å². The average molecular weight is 260 g/mol. The summed E-state index contributed by atoms with van der Waals surface area (Å²) >= 11 is 0. The van der Waals surface area contributed by atoms with Crippen molar-refractivity contribution in [2.24, 2.45) is 0 Å². The number of aromatic nitrogens is 2. The first-order chi connectivity index (χ1) is 9.02. The van der Waals surface area contributed by atoms with Crippen LogP contribution >= 0.6 is 0 Å². The van der Waals surface area contributed by atoms with Crippen LogP contribution in [0, 0.1) is 13.8 Å². The van der Waals surface area contributed by atoms with Gasteiger partial charge in [0.1, 0.15) is 5.65 Å². The van der Waals surface area contributed by atoms with Crippen molar-refractivity contribution in [2.75, 3.05) is 7.11 Å². The number of pyridine rings is 2. The van der Waals surface area contributed by atoms with E-state index in [9.17, 15) is 9.59 Å². The second-order valence-corrected chi connectivity index (χ2v) is 4.47. The molecule has 0 aliphatic rings. The molecule has 19 heavy (non-hydrogen) atoms. The van der Waals surface area contributed by atoms with E-state index in [0.29, 0.717) is 5.65 Å². The van der Waals surface area contributed by atoms with Gasteiger partial charge in [-0.25, -0.2) is 4.98 Å². The van der Waals surface area contributed by atoms with E-state index in [1.165, 1.54) is 17.7 Å². The number of esters is 1. The van der Waals surface area contributed by atoms with Gasteiger partial charge in [-0.2, -0.15) is 0 Å². The standard InChI is InChI=1S/C14H16N2O3/c1-9-8-10(2)15-14-11(9)4-5-12(17)16(14)7-6-13(18)19-3/h4-5,8H,6-7H2,1-3H3. The third-order valence-electron chi connectivity index (χ3n) is 3.05. The summed E-state index contributed by atoms with van der Waals surface area (Å²) in [7, 11) is 1.33. The highest BCUT2D eigenvalue weighted by Gasteiger charge is 2.09. The van der Waals surface area contributed by atoms with E-state index < -0.39 is 0 Å². The zero-order valence-corrected chi connectivity index (χ0v) is 11.3. The van der Waals surface area contributed by atoms with Crippen LogP contribution < -0.4 is 5.56 Å². The topological polar surface area (TPSA) is 61.2 Å². The average Bonchev–Trinajstić information content (AvgIpc) is 2.36. The number of hydrogen-bond acceptors (Lipinski definition) is 4. The molecule has 0 amide bonds. The monoisotopic (exact) mass is 260 g/mol. The van der Waals surface area contributed by atoms with Gasteiger partial charge in [0.05, 0.1) is 13.5 Å². The largest absolute Gasteiger partial charge is 0.469 e. The van der Waals surface area contributed by atoms with Gasteiger partial charge >= 0.3 is 5.97 Å². The summed E-state index contributed by atoms with van der Waals surface area (Å²) in [6.45, 7) is 4.14. The summed E-state index contributed by atoms with van der Waals surface area (Å²) in [4.78, 5) is 27.5. The molecule has 0 bridgehead atoms. The zero-order chi connectivity index (χ0) is 14.0. The number of nitrogens with zero attached hydrogens (tertiary/aromatic N) is 2. The molecule has 0 aliphatic carbocycles. The van der Waals surface area contributed by atoms with Gasteiger partial charge in [0.25, 0.3) is 5.56 Å². The van der Waals surface area contributed by atoms with E-state index in [2.05, 4.69) is 9.72 Å². The molecule has 2 heterocycles. The van der Waals surface area contributed by atoms with Crippen molar-refractivity contribution in [3.8, 4) is 0 Å². The number of fused-ring (bicyclic) bond motifs is 1. The summed E-state index contributed by atoms with van der Waals surface area (Å²) in [5, 5.41) is 0.926. The molecule has 5 heteroatoms. The van der Waals surface area contributed by atoms with Gasteiger partial charge in [-0.1, -0.05) is 0 Å². The predicted octanol–water partition coefficient (Wildman–Crippen LogP) is 1.58. The Bertz CT molecular complexity index is 689. The Morgan fingerprint density at radius 1 is 1.37 bits per heavy atom. The molecule has 0 atom stereocenters. The van der Waals surface area contributed by atoms with Crippen LogP contribution in [0.25, 0.3) is 11.0 Å². The lowest BCUT2D eigenvalue weighted by Crippen LogP contribution is -2.22. The highest BCUT2D eigenvalue weighted by atomic mass is 16.5. The predicted molar refractivity (Wildman–Crippen MR) is 72.1 cm³/mol. The van der Waals surface area contributed by atoms with Crippen LogP contribution in [0.15, 0.2) is 23.0 Å². The van der Waals surface area contributed by atoms with Gasteiger partial charge in [0, 0.05) is 23.7 Å². The molecule has 2 aromatic heterocycles. The van der Waals surface area contributed by atoms with Crippen LogP contribution in [0.5, 0.6) is 0 Å². The van der Waals surface area contributed by atoms with Gasteiger partial charge in [-0.05, 0) is 31.5 Å². The van der Waals surface area contributed by atoms with E-state index in [-0.39, 0.29) is 24.5 Å². The summed E-state index contributed by atoms with van der Waals surface area (Å²) in [6, 6.07) is 5.25. The molecule has 0 aliphatic heterocycles. The minimum Gasteiger partial charge on any atom is -0.469 e. The number of ether oxygens (including phenoxy) is 1. The number of methoxy groups -OCH3 is 1. The Labute approximate surface area is 110 Å². The highest BCUT2D eigenvalue weighted by molar-refractivity contribution is 5.79. The molecule has 0 saturated heterocycles. The van der Waals surface area contributed by atoms with Gasteiger partial charge < -0.3 is 4.74 Å². The van der Waals surface area contributed by atoms with Gasteiger partial charge in [-0.3, -0.25) is 14.2 Å². The third-order valence-corrected chi connectivity index (χ3v) is 3.05. The van der Waals surface area contributed by atoms with E-state index >= 15 is 0 Å². The van der Waals surface area contributed by atoms with Crippen molar-refractivity contribution >= 4 is 17.0 Å². The molecule has 5 nitrogen and oxygen atoms in total. The summed E-state index contributed by atoms with van der Waals surface area (Å²) in [6.07, 6.45) is 0.157. The lowest BCUT2D eigenvalue weighted by Gasteiger charge is -2.10. The Balaban J connectivity index is 2.55. The Morgan fingerprint density at radius 3 is 2.79 bits per heavy atom. The Kier molecular flexibility index (Phi) is 3.64. The summed E-state index contributed by atoms with van der Waals surface area (Å²) in [5.74, 6) is -0.340. The second-order valence-electron chi connectivity index (χ2n) is 4.47. The second kappa shape index (κ2) is 5.22. The van der Waals surface area contributed by atoms with Crippen molar-refractivity contribution < 1.29 is 9.53 Å². The lowest BCUT2D eigenvalue weighted by molar-refractivity contribution is -0.140. The maximum atomic E-state index is 11.9. The van der Waals surface area contributed by atoms with Crippen molar-refractivity contribution in [1.29, 1.82) is 0 Å². The first-order valence-electron chi connectivity index (χ1n) is 6.07. The smallest absolute Gasteiger partial charge is 0.307 e. The maximum Gasteiger partial charge on any atom is 0.307 e. The molecule has 0 fully saturated rings. The number of aryl methyl sites for hydroxylation is 3. The van der Waals surface area contributed by atoms with Crippen LogP contribution in [0.4, 0.5) is 0 Å². The van der Waals surface area contributed by atoms with Gasteiger partial charge in [0.15, 0.2) is 0 Å². The number of carbonyl (C=O) groups is 1. The molecule has 0 aromatic carbocycles. The van der Waals surface area contributed by atoms with E-state index in [1.54, 1.807) is 6.07 Å². The lowest BCUT2D eigenvalue weighted by atomic mass is 10.1. The van der Waals surface area contributed by atoms with E-state index in [4.69, 9.17) is 0 Å². The third kappa shape index (κ3) is 2.65. The molecule has 0 saturated carbocycles. The first-order valence-corrected chi connectivity index (χ1v) is 6.07. The van der Waals surface area contributed by atoms with Crippen molar-refractivity contribution in [3.63, 3.8) is 0 Å².